The third-order valence-corrected chi connectivity index (χ3v) is 3.99. The minimum atomic E-state index is -0.0859. The van der Waals surface area contributed by atoms with Crippen LogP contribution in [0.5, 0.6) is 0 Å². The summed E-state index contributed by atoms with van der Waals surface area (Å²) < 4.78 is 5.68. The number of methoxy groups -OCH3 is 1. The van der Waals surface area contributed by atoms with Gasteiger partial charge in [-0.15, -0.1) is 0 Å². The van der Waals surface area contributed by atoms with Crippen LogP contribution in [0, 0.1) is 11.8 Å². The highest BCUT2D eigenvalue weighted by atomic mass is 16.5. The molecule has 1 aliphatic rings. The standard InChI is InChI=1S/C12H22O2/c1-5-9-7-11(13)8-10(6-2)12(9,3)14-4/h9-10H,5-8H2,1-4H3/t9-,10+,12?. The summed E-state index contributed by atoms with van der Waals surface area (Å²) in [6.45, 7) is 6.46. The molecule has 0 radical (unpaired) electrons. The lowest BCUT2D eigenvalue weighted by Crippen LogP contribution is -2.49. The van der Waals surface area contributed by atoms with Gasteiger partial charge >= 0.3 is 0 Å². The molecule has 1 unspecified atom stereocenters. The number of carbonyl (C=O) groups excluding carboxylic acids is 1. The highest BCUT2D eigenvalue weighted by Crippen LogP contribution is 2.42. The number of hydrogen-bond acceptors (Lipinski definition) is 2. The van der Waals surface area contributed by atoms with Gasteiger partial charge in [0, 0.05) is 20.0 Å². The molecule has 0 N–H and O–H groups in total. The van der Waals surface area contributed by atoms with Gasteiger partial charge in [-0.3, -0.25) is 4.79 Å². The largest absolute Gasteiger partial charge is 0.378 e. The van der Waals surface area contributed by atoms with Crippen molar-refractivity contribution in [1.29, 1.82) is 0 Å². The van der Waals surface area contributed by atoms with Gasteiger partial charge in [0.15, 0.2) is 0 Å². The lowest BCUT2D eigenvalue weighted by Gasteiger charge is -2.45. The lowest BCUT2D eigenvalue weighted by atomic mass is 9.67. The van der Waals surface area contributed by atoms with Crippen molar-refractivity contribution in [1.82, 2.24) is 0 Å². The molecule has 1 rings (SSSR count). The second-order valence-electron chi connectivity index (χ2n) is 4.55. The Morgan fingerprint density at radius 2 is 1.71 bits per heavy atom. The first-order valence-electron chi connectivity index (χ1n) is 5.65. The van der Waals surface area contributed by atoms with Crippen molar-refractivity contribution in [2.75, 3.05) is 7.11 Å². The molecule has 0 aliphatic heterocycles. The minimum Gasteiger partial charge on any atom is -0.378 e. The van der Waals surface area contributed by atoms with Gasteiger partial charge in [0.25, 0.3) is 0 Å². The van der Waals surface area contributed by atoms with E-state index in [0.717, 1.165) is 12.8 Å². The van der Waals surface area contributed by atoms with Gasteiger partial charge in [-0.2, -0.15) is 0 Å². The van der Waals surface area contributed by atoms with Crippen LogP contribution < -0.4 is 0 Å². The average Bonchev–Trinajstić information content (AvgIpc) is 2.20. The van der Waals surface area contributed by atoms with Crippen molar-refractivity contribution in [3.8, 4) is 0 Å². The molecule has 0 heterocycles. The zero-order valence-corrected chi connectivity index (χ0v) is 9.80. The summed E-state index contributed by atoms with van der Waals surface area (Å²) >= 11 is 0. The van der Waals surface area contributed by atoms with Crippen LogP contribution in [0.1, 0.15) is 46.5 Å². The number of Topliss-reactive ketones (excluding diaryl/α,β-unsaturated/α-hetero) is 1. The molecule has 1 saturated carbocycles. The normalized spacial score (nSPS) is 38.7. The molecule has 0 aromatic rings. The summed E-state index contributed by atoms with van der Waals surface area (Å²) in [4.78, 5) is 11.5. The summed E-state index contributed by atoms with van der Waals surface area (Å²) in [6.07, 6.45) is 3.48. The van der Waals surface area contributed by atoms with Crippen molar-refractivity contribution in [2.24, 2.45) is 11.8 Å². The first-order chi connectivity index (χ1) is 6.58. The highest BCUT2D eigenvalue weighted by Gasteiger charge is 2.45. The van der Waals surface area contributed by atoms with E-state index in [4.69, 9.17) is 4.74 Å². The average molecular weight is 198 g/mol. The van der Waals surface area contributed by atoms with E-state index in [0.29, 0.717) is 30.5 Å². The van der Waals surface area contributed by atoms with E-state index in [9.17, 15) is 4.79 Å². The van der Waals surface area contributed by atoms with Crippen molar-refractivity contribution in [3.05, 3.63) is 0 Å². The molecule has 82 valence electrons. The number of ether oxygens (including phenoxy) is 1. The number of hydrogen-bond donors (Lipinski definition) is 0. The van der Waals surface area contributed by atoms with Crippen LogP contribution >= 0.6 is 0 Å². The SMILES string of the molecule is CC[C@@H]1CC(=O)C[C@H](CC)C1(C)OC. The number of ketones is 1. The van der Waals surface area contributed by atoms with Gasteiger partial charge in [-0.1, -0.05) is 26.7 Å². The van der Waals surface area contributed by atoms with Crippen molar-refractivity contribution in [2.45, 2.75) is 52.1 Å². The van der Waals surface area contributed by atoms with Crippen LogP contribution in [-0.2, 0) is 9.53 Å². The maximum Gasteiger partial charge on any atom is 0.133 e. The van der Waals surface area contributed by atoms with E-state index in [1.54, 1.807) is 7.11 Å². The Labute approximate surface area is 87.0 Å². The number of carbonyl (C=O) groups is 1. The fraction of sp³-hybridized carbons (Fsp3) is 0.917. The molecular weight excluding hydrogens is 176 g/mol. The Bertz CT molecular complexity index is 194. The molecule has 0 bridgehead atoms. The Morgan fingerprint density at radius 3 is 2.00 bits per heavy atom. The molecule has 2 nitrogen and oxygen atoms in total. The summed E-state index contributed by atoms with van der Waals surface area (Å²) in [5, 5.41) is 0. The predicted molar refractivity (Wildman–Crippen MR) is 57.2 cm³/mol. The quantitative estimate of drug-likeness (QED) is 0.697. The van der Waals surface area contributed by atoms with Crippen LogP contribution in [0.3, 0.4) is 0 Å². The monoisotopic (exact) mass is 198 g/mol. The Hall–Kier alpha value is -0.370. The molecule has 0 amide bonds. The second-order valence-corrected chi connectivity index (χ2v) is 4.55. The van der Waals surface area contributed by atoms with Crippen molar-refractivity contribution >= 4 is 5.78 Å². The van der Waals surface area contributed by atoms with E-state index in [-0.39, 0.29) is 5.60 Å². The van der Waals surface area contributed by atoms with E-state index >= 15 is 0 Å². The molecule has 0 saturated heterocycles. The van der Waals surface area contributed by atoms with Crippen LogP contribution in [0.4, 0.5) is 0 Å². The molecular formula is C12H22O2. The van der Waals surface area contributed by atoms with Gasteiger partial charge in [0.2, 0.25) is 0 Å². The Balaban J connectivity index is 2.88. The maximum absolute atomic E-state index is 11.5. The summed E-state index contributed by atoms with van der Waals surface area (Å²) in [7, 11) is 1.78. The van der Waals surface area contributed by atoms with Gasteiger partial charge in [0.05, 0.1) is 5.60 Å². The summed E-state index contributed by atoms with van der Waals surface area (Å²) in [5.74, 6) is 1.22. The fourth-order valence-electron chi connectivity index (χ4n) is 2.80. The molecule has 0 aromatic heterocycles. The Morgan fingerprint density at radius 1 is 1.29 bits per heavy atom. The molecule has 3 atom stereocenters. The topological polar surface area (TPSA) is 26.3 Å². The fourth-order valence-corrected chi connectivity index (χ4v) is 2.80. The van der Waals surface area contributed by atoms with E-state index in [1.165, 1.54) is 0 Å². The summed E-state index contributed by atoms with van der Waals surface area (Å²) in [5.41, 5.74) is -0.0859. The third kappa shape index (κ3) is 1.85. The maximum atomic E-state index is 11.5. The lowest BCUT2D eigenvalue weighted by molar-refractivity contribution is -0.145. The number of rotatable bonds is 3. The van der Waals surface area contributed by atoms with Crippen molar-refractivity contribution in [3.63, 3.8) is 0 Å². The highest BCUT2D eigenvalue weighted by molar-refractivity contribution is 5.80. The zero-order valence-electron chi connectivity index (χ0n) is 9.80. The van der Waals surface area contributed by atoms with Crippen LogP contribution in [0.2, 0.25) is 0 Å². The van der Waals surface area contributed by atoms with E-state index < -0.39 is 0 Å². The van der Waals surface area contributed by atoms with E-state index in [1.807, 2.05) is 0 Å². The van der Waals surface area contributed by atoms with Crippen molar-refractivity contribution < 1.29 is 9.53 Å². The third-order valence-electron chi connectivity index (χ3n) is 3.99. The van der Waals surface area contributed by atoms with Crippen LogP contribution in [0.25, 0.3) is 0 Å². The predicted octanol–water partition coefficient (Wildman–Crippen LogP) is 2.81. The molecule has 1 aliphatic carbocycles. The van der Waals surface area contributed by atoms with Crippen LogP contribution in [0.15, 0.2) is 0 Å². The Kier molecular flexibility index (Phi) is 3.71. The second kappa shape index (κ2) is 4.43. The minimum absolute atomic E-state index is 0.0859. The molecule has 0 aromatic carbocycles. The summed E-state index contributed by atoms with van der Waals surface area (Å²) in [6, 6.07) is 0. The van der Waals surface area contributed by atoms with Gasteiger partial charge in [-0.25, -0.2) is 0 Å². The van der Waals surface area contributed by atoms with Gasteiger partial charge in [0.1, 0.15) is 5.78 Å². The smallest absolute Gasteiger partial charge is 0.133 e. The van der Waals surface area contributed by atoms with Gasteiger partial charge in [-0.05, 0) is 18.8 Å². The van der Waals surface area contributed by atoms with E-state index in [2.05, 4.69) is 20.8 Å². The van der Waals surface area contributed by atoms with Gasteiger partial charge < -0.3 is 4.74 Å². The zero-order chi connectivity index (χ0) is 10.8. The first-order valence-corrected chi connectivity index (χ1v) is 5.65. The molecule has 2 heteroatoms. The molecule has 1 fully saturated rings. The molecule has 14 heavy (non-hydrogen) atoms. The first kappa shape index (κ1) is 11.7. The molecule has 0 spiro atoms. The van der Waals surface area contributed by atoms with Crippen LogP contribution in [-0.4, -0.2) is 18.5 Å².